The van der Waals surface area contributed by atoms with Crippen LogP contribution in [0.1, 0.15) is 6.42 Å². The van der Waals surface area contributed by atoms with Gasteiger partial charge in [0.05, 0.1) is 12.1 Å². The average Bonchev–Trinajstić information content (AvgIpc) is 3.05. The van der Waals surface area contributed by atoms with Crippen LogP contribution in [0.4, 0.5) is 5.69 Å². The average molecular weight is 264 g/mol. The summed E-state index contributed by atoms with van der Waals surface area (Å²) in [7, 11) is 4.05. The molecule has 0 aromatic heterocycles. The van der Waals surface area contributed by atoms with Crippen LogP contribution in [0, 0.1) is 0 Å². The Morgan fingerprint density at radius 1 is 1.32 bits per heavy atom. The fourth-order valence-electron chi connectivity index (χ4n) is 2.79. The Morgan fingerprint density at radius 2 is 2.11 bits per heavy atom. The number of aliphatic hydroxyl groups excluding tert-OH is 1. The molecule has 1 aromatic carbocycles. The molecule has 1 N–H and O–H groups in total. The van der Waals surface area contributed by atoms with Crippen molar-refractivity contribution < 1.29 is 14.6 Å². The first kappa shape index (κ1) is 12.6. The van der Waals surface area contributed by atoms with Gasteiger partial charge in [-0.2, -0.15) is 0 Å². The van der Waals surface area contributed by atoms with E-state index in [4.69, 9.17) is 9.47 Å². The summed E-state index contributed by atoms with van der Waals surface area (Å²) >= 11 is 0. The molecule has 2 heterocycles. The van der Waals surface area contributed by atoms with Crippen LogP contribution >= 0.6 is 0 Å². The molecule has 3 rings (SSSR count). The van der Waals surface area contributed by atoms with E-state index >= 15 is 0 Å². The van der Waals surface area contributed by atoms with Crippen molar-refractivity contribution in [2.75, 3.05) is 45.5 Å². The number of aliphatic hydroxyl groups is 1. The summed E-state index contributed by atoms with van der Waals surface area (Å²) in [4.78, 5) is 4.41. The first-order chi connectivity index (χ1) is 9.14. The number of rotatable bonds is 3. The highest BCUT2D eigenvalue weighted by atomic mass is 16.7. The van der Waals surface area contributed by atoms with Crippen molar-refractivity contribution in [3.05, 3.63) is 18.2 Å². The van der Waals surface area contributed by atoms with Crippen molar-refractivity contribution in [3.63, 3.8) is 0 Å². The molecule has 0 amide bonds. The Balaban J connectivity index is 1.81. The van der Waals surface area contributed by atoms with Crippen molar-refractivity contribution in [2.45, 2.75) is 12.0 Å². The van der Waals surface area contributed by atoms with Crippen LogP contribution in [0.3, 0.4) is 0 Å². The Hall–Kier alpha value is -1.46. The highest BCUT2D eigenvalue weighted by Gasteiger charge is 2.39. The SMILES string of the molecule is CN(C)C1(CO)CCN(c2ccc3c(c2)OCO3)C1. The highest BCUT2D eigenvalue weighted by Crippen LogP contribution is 2.37. The number of hydrogen-bond acceptors (Lipinski definition) is 5. The van der Waals surface area contributed by atoms with Crippen molar-refractivity contribution >= 4 is 5.69 Å². The minimum Gasteiger partial charge on any atom is -0.454 e. The van der Waals surface area contributed by atoms with Gasteiger partial charge in [-0.3, -0.25) is 4.90 Å². The molecule has 1 saturated heterocycles. The lowest BCUT2D eigenvalue weighted by Crippen LogP contribution is -2.49. The molecule has 0 saturated carbocycles. The fourth-order valence-corrected chi connectivity index (χ4v) is 2.79. The Kier molecular flexibility index (Phi) is 3.03. The molecule has 1 unspecified atom stereocenters. The van der Waals surface area contributed by atoms with Gasteiger partial charge in [0.25, 0.3) is 0 Å². The normalized spacial score (nSPS) is 25.4. The Morgan fingerprint density at radius 3 is 2.79 bits per heavy atom. The van der Waals surface area contributed by atoms with E-state index in [1.807, 2.05) is 26.2 Å². The molecule has 104 valence electrons. The molecule has 5 heteroatoms. The smallest absolute Gasteiger partial charge is 0.231 e. The summed E-state index contributed by atoms with van der Waals surface area (Å²) < 4.78 is 10.7. The van der Waals surface area contributed by atoms with Gasteiger partial charge in [0.2, 0.25) is 6.79 Å². The van der Waals surface area contributed by atoms with Crippen LogP contribution in [-0.2, 0) is 0 Å². The van der Waals surface area contributed by atoms with E-state index in [1.165, 1.54) is 0 Å². The zero-order valence-electron chi connectivity index (χ0n) is 11.4. The van der Waals surface area contributed by atoms with Gasteiger partial charge in [0, 0.05) is 24.8 Å². The van der Waals surface area contributed by atoms with E-state index in [-0.39, 0.29) is 12.1 Å². The molecule has 1 aromatic rings. The summed E-state index contributed by atoms with van der Waals surface area (Å²) in [6.45, 7) is 2.26. The molecule has 2 aliphatic heterocycles. The van der Waals surface area contributed by atoms with Gasteiger partial charge in [-0.05, 0) is 32.6 Å². The first-order valence-corrected chi connectivity index (χ1v) is 6.57. The monoisotopic (exact) mass is 264 g/mol. The Labute approximate surface area is 113 Å². The molecule has 1 fully saturated rings. The zero-order chi connectivity index (χ0) is 13.5. The second-order valence-electron chi connectivity index (χ2n) is 5.49. The quantitative estimate of drug-likeness (QED) is 0.879. The number of likely N-dealkylation sites (N-methyl/N-ethyl adjacent to an activating group) is 1. The van der Waals surface area contributed by atoms with Gasteiger partial charge in [0.1, 0.15) is 0 Å². The number of anilines is 1. The maximum Gasteiger partial charge on any atom is 0.231 e. The third-order valence-corrected chi connectivity index (χ3v) is 4.30. The summed E-state index contributed by atoms with van der Waals surface area (Å²) in [6.07, 6.45) is 0.963. The predicted octanol–water partition coefficient (Wildman–Crippen LogP) is 0.918. The minimum atomic E-state index is -0.142. The van der Waals surface area contributed by atoms with E-state index < -0.39 is 0 Å². The van der Waals surface area contributed by atoms with Crippen molar-refractivity contribution in [1.29, 1.82) is 0 Å². The van der Waals surface area contributed by atoms with Gasteiger partial charge in [-0.15, -0.1) is 0 Å². The minimum absolute atomic E-state index is 0.142. The standard InChI is InChI=1S/C14H20N2O3/c1-15(2)14(9-17)5-6-16(8-14)11-3-4-12-13(7-11)19-10-18-12/h3-4,7,17H,5-6,8-10H2,1-2H3. The summed E-state index contributed by atoms with van der Waals surface area (Å²) in [5, 5.41) is 9.69. The summed E-state index contributed by atoms with van der Waals surface area (Å²) in [5.74, 6) is 1.62. The second kappa shape index (κ2) is 4.58. The molecule has 19 heavy (non-hydrogen) atoms. The van der Waals surface area contributed by atoms with Crippen LogP contribution in [0.15, 0.2) is 18.2 Å². The van der Waals surface area contributed by atoms with Gasteiger partial charge < -0.3 is 19.5 Å². The molecule has 1 atom stereocenters. The van der Waals surface area contributed by atoms with Crippen LogP contribution in [-0.4, -0.2) is 56.1 Å². The van der Waals surface area contributed by atoms with Crippen molar-refractivity contribution in [2.24, 2.45) is 0 Å². The molecular formula is C14H20N2O3. The third kappa shape index (κ3) is 2.03. The van der Waals surface area contributed by atoms with E-state index in [1.54, 1.807) is 0 Å². The lowest BCUT2D eigenvalue weighted by atomic mass is 9.99. The maximum absolute atomic E-state index is 9.69. The van der Waals surface area contributed by atoms with E-state index in [0.29, 0.717) is 6.79 Å². The largest absolute Gasteiger partial charge is 0.454 e. The van der Waals surface area contributed by atoms with E-state index in [2.05, 4.69) is 15.9 Å². The molecule has 5 nitrogen and oxygen atoms in total. The van der Waals surface area contributed by atoms with E-state index in [9.17, 15) is 5.11 Å². The lowest BCUT2D eigenvalue weighted by molar-refractivity contribution is 0.0867. The lowest BCUT2D eigenvalue weighted by Gasteiger charge is -2.34. The van der Waals surface area contributed by atoms with Gasteiger partial charge in [0.15, 0.2) is 11.5 Å². The first-order valence-electron chi connectivity index (χ1n) is 6.57. The van der Waals surface area contributed by atoms with Crippen LogP contribution in [0.5, 0.6) is 11.5 Å². The number of hydrogen-bond donors (Lipinski definition) is 1. The van der Waals surface area contributed by atoms with E-state index in [0.717, 1.165) is 36.7 Å². The summed E-state index contributed by atoms with van der Waals surface area (Å²) in [6, 6.07) is 6.02. The molecule has 0 aliphatic carbocycles. The molecular weight excluding hydrogens is 244 g/mol. The topological polar surface area (TPSA) is 45.2 Å². The van der Waals surface area contributed by atoms with Gasteiger partial charge >= 0.3 is 0 Å². The molecule has 0 bridgehead atoms. The van der Waals surface area contributed by atoms with Crippen molar-refractivity contribution in [3.8, 4) is 11.5 Å². The molecule has 0 spiro atoms. The fraction of sp³-hybridized carbons (Fsp3) is 0.571. The van der Waals surface area contributed by atoms with Crippen LogP contribution in [0.25, 0.3) is 0 Å². The van der Waals surface area contributed by atoms with Crippen LogP contribution in [0.2, 0.25) is 0 Å². The number of ether oxygens (including phenoxy) is 2. The molecule has 0 radical (unpaired) electrons. The summed E-state index contributed by atoms with van der Waals surface area (Å²) in [5.41, 5.74) is 0.984. The second-order valence-corrected chi connectivity index (χ2v) is 5.49. The molecule has 2 aliphatic rings. The van der Waals surface area contributed by atoms with Crippen molar-refractivity contribution in [1.82, 2.24) is 4.90 Å². The Bertz CT molecular complexity index is 478. The van der Waals surface area contributed by atoms with Gasteiger partial charge in [-0.1, -0.05) is 0 Å². The maximum atomic E-state index is 9.69. The number of nitrogens with zero attached hydrogens (tertiary/aromatic N) is 2. The highest BCUT2D eigenvalue weighted by molar-refractivity contribution is 5.58. The number of fused-ring (bicyclic) bond motifs is 1. The van der Waals surface area contributed by atoms with Gasteiger partial charge in [-0.25, -0.2) is 0 Å². The zero-order valence-corrected chi connectivity index (χ0v) is 11.4. The predicted molar refractivity (Wildman–Crippen MR) is 72.9 cm³/mol. The van der Waals surface area contributed by atoms with Crippen LogP contribution < -0.4 is 14.4 Å². The third-order valence-electron chi connectivity index (χ3n) is 4.30. The number of benzene rings is 1.